The third-order valence-electron chi connectivity index (χ3n) is 1.95. The number of rotatable bonds is 5. The summed E-state index contributed by atoms with van der Waals surface area (Å²) in [4.78, 5) is 0. The molecule has 0 heterocycles. The molecule has 2 N–H and O–H groups in total. The number of nitrogens with one attached hydrogen (secondary N) is 1. The Kier molecular flexibility index (Phi) is 4.11. The van der Waals surface area contributed by atoms with E-state index in [-0.39, 0.29) is 12.3 Å². The predicted octanol–water partition coefficient (Wildman–Crippen LogP) is 1.56. The average molecular weight is 228 g/mol. The van der Waals surface area contributed by atoms with Gasteiger partial charge in [-0.3, -0.25) is 4.55 Å². The Morgan fingerprint density at radius 1 is 1.40 bits per heavy atom. The highest BCUT2D eigenvalue weighted by Gasteiger charge is 2.04. The Balaban J connectivity index is 2.58. The first-order valence-electron chi connectivity index (χ1n) is 4.60. The van der Waals surface area contributed by atoms with Gasteiger partial charge < -0.3 is 5.32 Å². The zero-order valence-corrected chi connectivity index (χ0v) is 9.29. The lowest BCUT2D eigenvalue weighted by Crippen LogP contribution is -2.15. The van der Waals surface area contributed by atoms with Crippen LogP contribution < -0.4 is 5.32 Å². The van der Waals surface area contributed by atoms with Gasteiger partial charge in [0.2, 0.25) is 0 Å². The van der Waals surface area contributed by atoms with Gasteiger partial charge in [0.15, 0.2) is 0 Å². The molecule has 0 spiro atoms. The molecule has 0 bridgehead atoms. The summed E-state index contributed by atoms with van der Waals surface area (Å²) in [6.07, 6.45) is 1.93. The maximum absolute atomic E-state index is 10.5. The molecule has 1 radical (unpaired) electrons. The fourth-order valence-corrected chi connectivity index (χ4v) is 1.58. The minimum Gasteiger partial charge on any atom is -0.384 e. The minimum absolute atomic E-state index is 0.198. The van der Waals surface area contributed by atoms with Gasteiger partial charge in [0.05, 0.1) is 5.75 Å². The normalized spacial score (nSPS) is 11.3. The molecule has 1 aromatic rings. The summed E-state index contributed by atoms with van der Waals surface area (Å²) in [5.74, 6) is -0.287. The number of benzene rings is 1. The highest BCUT2D eigenvalue weighted by molar-refractivity contribution is 7.85. The van der Waals surface area contributed by atoms with Crippen LogP contribution in [0.25, 0.3) is 0 Å². The summed E-state index contributed by atoms with van der Waals surface area (Å²) in [5, 5.41) is 2.95. The highest BCUT2D eigenvalue weighted by Crippen LogP contribution is 2.15. The standard InChI is InChI=1S/C10H14NO3S/c1-2-9-5-3-4-6-10(9)11-7-8-15(12,13)14/h2-6,11H,7-8H2,1H3,(H,12,13,14). The summed E-state index contributed by atoms with van der Waals surface area (Å²) >= 11 is 0. The molecular weight excluding hydrogens is 214 g/mol. The van der Waals surface area contributed by atoms with Crippen molar-refractivity contribution in [1.82, 2.24) is 0 Å². The predicted molar refractivity (Wildman–Crippen MR) is 60.4 cm³/mol. The molecule has 15 heavy (non-hydrogen) atoms. The molecule has 0 aromatic heterocycles. The van der Waals surface area contributed by atoms with Crippen LogP contribution in [0.5, 0.6) is 0 Å². The zero-order chi connectivity index (χ0) is 11.3. The van der Waals surface area contributed by atoms with Crippen LogP contribution >= 0.6 is 0 Å². The summed E-state index contributed by atoms with van der Waals surface area (Å²) in [7, 11) is -3.89. The molecule has 4 nitrogen and oxygen atoms in total. The number of hydrogen-bond acceptors (Lipinski definition) is 3. The van der Waals surface area contributed by atoms with E-state index in [2.05, 4.69) is 5.32 Å². The van der Waals surface area contributed by atoms with Crippen LogP contribution in [0, 0.1) is 6.42 Å². The van der Waals surface area contributed by atoms with E-state index in [1.54, 1.807) is 0 Å². The quantitative estimate of drug-likeness (QED) is 0.750. The van der Waals surface area contributed by atoms with Crippen molar-refractivity contribution in [2.45, 2.75) is 6.92 Å². The maximum Gasteiger partial charge on any atom is 0.266 e. The molecule has 0 aliphatic heterocycles. The largest absolute Gasteiger partial charge is 0.384 e. The van der Waals surface area contributed by atoms with Gasteiger partial charge in [0.25, 0.3) is 10.1 Å². The molecule has 1 rings (SSSR count). The summed E-state index contributed by atoms with van der Waals surface area (Å²) < 4.78 is 29.5. The molecule has 5 heteroatoms. The van der Waals surface area contributed by atoms with Crippen molar-refractivity contribution in [2.24, 2.45) is 0 Å². The molecule has 1 aromatic carbocycles. The van der Waals surface area contributed by atoms with Crippen LogP contribution in [0.3, 0.4) is 0 Å². The van der Waals surface area contributed by atoms with Gasteiger partial charge in [-0.15, -0.1) is 0 Å². The Labute approximate surface area is 90.1 Å². The summed E-state index contributed by atoms with van der Waals surface area (Å²) in [6.45, 7) is 2.10. The third-order valence-corrected chi connectivity index (χ3v) is 2.67. The fraction of sp³-hybridized carbons (Fsp3) is 0.300. The van der Waals surface area contributed by atoms with Crippen molar-refractivity contribution in [3.63, 3.8) is 0 Å². The van der Waals surface area contributed by atoms with E-state index in [1.165, 1.54) is 0 Å². The highest BCUT2D eigenvalue weighted by atomic mass is 32.2. The van der Waals surface area contributed by atoms with Crippen LogP contribution in [0.2, 0.25) is 0 Å². The van der Waals surface area contributed by atoms with Gasteiger partial charge >= 0.3 is 0 Å². The molecule has 0 saturated carbocycles. The zero-order valence-electron chi connectivity index (χ0n) is 8.47. The Morgan fingerprint density at radius 3 is 2.67 bits per heavy atom. The second kappa shape index (κ2) is 5.14. The fourth-order valence-electron chi connectivity index (χ4n) is 1.22. The molecule has 0 amide bonds. The number of hydrogen-bond donors (Lipinski definition) is 2. The molecule has 83 valence electrons. The SMILES string of the molecule is C[CH]c1ccccc1NCCS(=O)(=O)O. The molecule has 0 aliphatic carbocycles. The van der Waals surface area contributed by atoms with Crippen LogP contribution in [0.15, 0.2) is 24.3 Å². The summed E-state index contributed by atoms with van der Waals surface area (Å²) in [6, 6.07) is 7.56. The maximum atomic E-state index is 10.5. The van der Waals surface area contributed by atoms with E-state index >= 15 is 0 Å². The molecular formula is C10H14NO3S. The van der Waals surface area contributed by atoms with E-state index in [9.17, 15) is 8.42 Å². The van der Waals surface area contributed by atoms with Gasteiger partial charge in [-0.25, -0.2) is 0 Å². The van der Waals surface area contributed by atoms with Crippen LogP contribution in [-0.4, -0.2) is 25.3 Å². The van der Waals surface area contributed by atoms with E-state index in [0.29, 0.717) is 0 Å². The van der Waals surface area contributed by atoms with Crippen LogP contribution in [0.4, 0.5) is 5.69 Å². The van der Waals surface area contributed by atoms with Gasteiger partial charge in [0.1, 0.15) is 0 Å². The van der Waals surface area contributed by atoms with Crippen molar-refractivity contribution in [1.29, 1.82) is 0 Å². The molecule has 0 saturated heterocycles. The average Bonchev–Trinajstić information content (AvgIpc) is 2.16. The topological polar surface area (TPSA) is 66.4 Å². The van der Waals surface area contributed by atoms with Crippen molar-refractivity contribution < 1.29 is 13.0 Å². The van der Waals surface area contributed by atoms with E-state index < -0.39 is 10.1 Å². The second-order valence-corrected chi connectivity index (χ2v) is 4.66. The van der Waals surface area contributed by atoms with Crippen LogP contribution in [0.1, 0.15) is 12.5 Å². The van der Waals surface area contributed by atoms with Gasteiger partial charge in [-0.2, -0.15) is 8.42 Å². The number of para-hydroxylation sites is 1. The summed E-state index contributed by atoms with van der Waals surface area (Å²) in [5.41, 5.74) is 1.87. The Hall–Kier alpha value is -1.07. The lowest BCUT2D eigenvalue weighted by Gasteiger charge is -2.09. The van der Waals surface area contributed by atoms with Gasteiger partial charge in [0, 0.05) is 12.2 Å². The molecule has 0 aliphatic rings. The van der Waals surface area contributed by atoms with Crippen molar-refractivity contribution in [3.8, 4) is 0 Å². The number of anilines is 1. The van der Waals surface area contributed by atoms with Crippen molar-refractivity contribution in [2.75, 3.05) is 17.6 Å². The molecule has 0 unspecified atom stereocenters. The first-order valence-corrected chi connectivity index (χ1v) is 6.21. The minimum atomic E-state index is -3.89. The lowest BCUT2D eigenvalue weighted by atomic mass is 10.1. The van der Waals surface area contributed by atoms with E-state index in [4.69, 9.17) is 4.55 Å². The first-order chi connectivity index (χ1) is 7.03. The molecule has 0 fully saturated rings. The third kappa shape index (κ3) is 4.31. The first kappa shape index (κ1) is 12.0. The lowest BCUT2D eigenvalue weighted by molar-refractivity contribution is 0.484. The molecule has 0 atom stereocenters. The van der Waals surface area contributed by atoms with Gasteiger partial charge in [-0.1, -0.05) is 25.1 Å². The Morgan fingerprint density at radius 2 is 2.07 bits per heavy atom. The van der Waals surface area contributed by atoms with Crippen molar-refractivity contribution >= 4 is 15.8 Å². The monoisotopic (exact) mass is 228 g/mol. The van der Waals surface area contributed by atoms with E-state index in [1.807, 2.05) is 37.6 Å². The second-order valence-electron chi connectivity index (χ2n) is 3.09. The Bertz CT molecular complexity index is 414. The van der Waals surface area contributed by atoms with Gasteiger partial charge in [-0.05, 0) is 18.1 Å². The smallest absolute Gasteiger partial charge is 0.266 e. The van der Waals surface area contributed by atoms with E-state index in [0.717, 1.165) is 11.3 Å². The van der Waals surface area contributed by atoms with Crippen LogP contribution in [-0.2, 0) is 10.1 Å². The van der Waals surface area contributed by atoms with Crippen molar-refractivity contribution in [3.05, 3.63) is 36.2 Å².